The zero-order valence-corrected chi connectivity index (χ0v) is 12.5. The third-order valence-electron chi connectivity index (χ3n) is 3.05. The first kappa shape index (κ1) is 15.7. The number of hydrogen-bond acceptors (Lipinski definition) is 2. The summed E-state index contributed by atoms with van der Waals surface area (Å²) in [6.07, 6.45) is 1.73. The van der Waals surface area contributed by atoms with Crippen LogP contribution in [-0.2, 0) is 11.2 Å². The topological polar surface area (TPSA) is 32.3 Å². The highest BCUT2D eigenvalue weighted by Gasteiger charge is 2.22. The van der Waals surface area contributed by atoms with E-state index in [9.17, 15) is 4.79 Å². The maximum Gasteiger partial charge on any atom is 0.239 e. The Balaban J connectivity index is 2.74. The first-order valence-electron chi connectivity index (χ1n) is 7.09. The molecule has 0 aromatic heterocycles. The van der Waals surface area contributed by atoms with Crippen molar-refractivity contribution in [1.82, 2.24) is 10.2 Å². The summed E-state index contributed by atoms with van der Waals surface area (Å²) in [5.74, 6) is 0.180. The molecule has 1 atom stereocenters. The summed E-state index contributed by atoms with van der Waals surface area (Å²) in [5, 5.41) is 3.38. The average molecular weight is 262 g/mol. The minimum Gasteiger partial charge on any atom is -0.344 e. The Morgan fingerprint density at radius 3 is 2.42 bits per heavy atom. The van der Waals surface area contributed by atoms with Gasteiger partial charge in [0.2, 0.25) is 5.91 Å². The van der Waals surface area contributed by atoms with Gasteiger partial charge < -0.3 is 10.2 Å². The van der Waals surface area contributed by atoms with Crippen LogP contribution in [0.15, 0.2) is 30.3 Å². The number of nitrogens with zero attached hydrogens (tertiary/aromatic N) is 1. The zero-order valence-electron chi connectivity index (χ0n) is 12.5. The van der Waals surface area contributed by atoms with Gasteiger partial charge in [-0.1, -0.05) is 51.1 Å². The van der Waals surface area contributed by atoms with Crippen molar-refractivity contribution < 1.29 is 4.79 Å². The normalized spacial score (nSPS) is 12.5. The van der Waals surface area contributed by atoms with Crippen molar-refractivity contribution in [2.45, 2.75) is 45.7 Å². The molecule has 0 saturated heterocycles. The lowest BCUT2D eigenvalue weighted by Gasteiger charge is -2.26. The lowest BCUT2D eigenvalue weighted by molar-refractivity contribution is -0.132. The molecule has 3 heteroatoms. The average Bonchev–Trinajstić information content (AvgIpc) is 2.38. The van der Waals surface area contributed by atoms with Crippen LogP contribution in [0.3, 0.4) is 0 Å². The van der Waals surface area contributed by atoms with Gasteiger partial charge in [-0.25, -0.2) is 0 Å². The second kappa shape index (κ2) is 7.95. The number of nitrogens with one attached hydrogen (secondary N) is 1. The van der Waals surface area contributed by atoms with Gasteiger partial charge in [-0.15, -0.1) is 0 Å². The van der Waals surface area contributed by atoms with Gasteiger partial charge in [0.05, 0.1) is 6.04 Å². The Morgan fingerprint density at radius 2 is 1.89 bits per heavy atom. The van der Waals surface area contributed by atoms with Crippen molar-refractivity contribution in [1.29, 1.82) is 0 Å². The predicted molar refractivity (Wildman–Crippen MR) is 80.1 cm³/mol. The molecule has 19 heavy (non-hydrogen) atoms. The predicted octanol–water partition coefficient (Wildman–Crippen LogP) is 2.46. The second-order valence-electron chi connectivity index (χ2n) is 5.32. The van der Waals surface area contributed by atoms with Crippen LogP contribution in [0.1, 0.15) is 32.8 Å². The van der Waals surface area contributed by atoms with Crippen LogP contribution in [0.5, 0.6) is 0 Å². The number of carbonyl (C=O) groups is 1. The number of likely N-dealkylation sites (N-methyl/N-ethyl adjacent to an activating group) is 1. The van der Waals surface area contributed by atoms with Crippen molar-refractivity contribution >= 4 is 5.91 Å². The molecule has 0 spiro atoms. The van der Waals surface area contributed by atoms with Gasteiger partial charge in [-0.2, -0.15) is 0 Å². The monoisotopic (exact) mass is 262 g/mol. The van der Waals surface area contributed by atoms with E-state index in [1.807, 2.05) is 30.1 Å². The first-order chi connectivity index (χ1) is 9.04. The van der Waals surface area contributed by atoms with Gasteiger partial charge in [0.25, 0.3) is 0 Å². The Hall–Kier alpha value is -1.35. The van der Waals surface area contributed by atoms with Gasteiger partial charge in [0.1, 0.15) is 0 Å². The molecule has 0 bridgehead atoms. The molecule has 106 valence electrons. The van der Waals surface area contributed by atoms with Crippen molar-refractivity contribution in [3.63, 3.8) is 0 Å². The fourth-order valence-corrected chi connectivity index (χ4v) is 2.18. The lowest BCUT2D eigenvalue weighted by atomic mass is 10.0. The molecule has 0 aliphatic rings. The van der Waals surface area contributed by atoms with E-state index in [2.05, 4.69) is 38.2 Å². The smallest absolute Gasteiger partial charge is 0.239 e. The minimum absolute atomic E-state index is 0.140. The van der Waals surface area contributed by atoms with E-state index in [0.717, 1.165) is 19.4 Å². The highest BCUT2D eigenvalue weighted by molar-refractivity contribution is 5.82. The molecule has 1 N–H and O–H groups in total. The summed E-state index contributed by atoms with van der Waals surface area (Å²) < 4.78 is 0. The minimum atomic E-state index is -0.140. The van der Waals surface area contributed by atoms with Crippen LogP contribution in [0.4, 0.5) is 0 Å². The van der Waals surface area contributed by atoms with Gasteiger partial charge in [-0.05, 0) is 18.4 Å². The van der Waals surface area contributed by atoms with Crippen LogP contribution in [0, 0.1) is 0 Å². The SMILES string of the molecule is CCCN(C)C(=O)[C@H](Cc1ccccc1)NC(C)C. The molecule has 0 unspecified atom stereocenters. The van der Waals surface area contributed by atoms with Crippen LogP contribution in [0.25, 0.3) is 0 Å². The molecule has 1 amide bonds. The van der Waals surface area contributed by atoms with E-state index >= 15 is 0 Å². The number of amides is 1. The zero-order chi connectivity index (χ0) is 14.3. The number of rotatable bonds is 7. The third kappa shape index (κ3) is 5.43. The van der Waals surface area contributed by atoms with Gasteiger partial charge in [0.15, 0.2) is 0 Å². The second-order valence-corrected chi connectivity index (χ2v) is 5.32. The molecule has 1 aromatic rings. The fourth-order valence-electron chi connectivity index (χ4n) is 2.18. The summed E-state index contributed by atoms with van der Waals surface area (Å²) in [4.78, 5) is 14.3. The molecule has 0 fully saturated rings. The van der Waals surface area contributed by atoms with Gasteiger partial charge in [-0.3, -0.25) is 4.79 Å². The van der Waals surface area contributed by atoms with Crippen LogP contribution >= 0.6 is 0 Å². The van der Waals surface area contributed by atoms with E-state index in [1.54, 1.807) is 0 Å². The molecule has 1 rings (SSSR count). The summed E-state index contributed by atoms with van der Waals surface area (Å²) in [7, 11) is 1.88. The Labute approximate surface area is 117 Å². The van der Waals surface area contributed by atoms with E-state index in [4.69, 9.17) is 0 Å². The van der Waals surface area contributed by atoms with Crippen LogP contribution in [-0.4, -0.2) is 36.5 Å². The molecule has 0 saturated carbocycles. The van der Waals surface area contributed by atoms with Gasteiger partial charge in [0, 0.05) is 19.6 Å². The molecule has 3 nitrogen and oxygen atoms in total. The van der Waals surface area contributed by atoms with Crippen LogP contribution < -0.4 is 5.32 Å². The standard InChI is InChI=1S/C16H26N2O/c1-5-11-18(4)16(19)15(17-13(2)3)12-14-9-7-6-8-10-14/h6-10,13,15,17H,5,11-12H2,1-4H3/t15-/m0/s1. The van der Waals surface area contributed by atoms with Crippen molar-refractivity contribution in [3.8, 4) is 0 Å². The molecule has 0 aliphatic carbocycles. The van der Waals surface area contributed by atoms with Crippen molar-refractivity contribution in [2.24, 2.45) is 0 Å². The summed E-state index contributed by atoms with van der Waals surface area (Å²) in [6.45, 7) is 7.05. The van der Waals surface area contributed by atoms with E-state index in [0.29, 0.717) is 6.04 Å². The van der Waals surface area contributed by atoms with E-state index < -0.39 is 0 Å². The lowest BCUT2D eigenvalue weighted by Crippen LogP contribution is -2.48. The quantitative estimate of drug-likeness (QED) is 0.818. The molecule has 1 aromatic carbocycles. The highest BCUT2D eigenvalue weighted by Crippen LogP contribution is 2.06. The Morgan fingerprint density at radius 1 is 1.26 bits per heavy atom. The van der Waals surface area contributed by atoms with Gasteiger partial charge >= 0.3 is 0 Å². The maximum absolute atomic E-state index is 12.4. The number of benzene rings is 1. The molecule has 0 radical (unpaired) electrons. The van der Waals surface area contributed by atoms with Crippen molar-refractivity contribution in [2.75, 3.05) is 13.6 Å². The van der Waals surface area contributed by atoms with Crippen LogP contribution in [0.2, 0.25) is 0 Å². The largest absolute Gasteiger partial charge is 0.344 e. The Kier molecular flexibility index (Phi) is 6.57. The third-order valence-corrected chi connectivity index (χ3v) is 3.05. The van der Waals surface area contributed by atoms with Crippen molar-refractivity contribution in [3.05, 3.63) is 35.9 Å². The van der Waals surface area contributed by atoms with E-state index in [-0.39, 0.29) is 11.9 Å². The molecule has 0 heterocycles. The maximum atomic E-state index is 12.4. The number of carbonyl (C=O) groups excluding carboxylic acids is 1. The molecular weight excluding hydrogens is 236 g/mol. The van der Waals surface area contributed by atoms with E-state index in [1.165, 1.54) is 5.56 Å². The number of hydrogen-bond donors (Lipinski definition) is 1. The first-order valence-corrected chi connectivity index (χ1v) is 7.09. The molecule has 0 aliphatic heterocycles. The summed E-state index contributed by atoms with van der Waals surface area (Å²) >= 11 is 0. The summed E-state index contributed by atoms with van der Waals surface area (Å²) in [6, 6.07) is 10.3. The Bertz CT molecular complexity index is 376. The highest BCUT2D eigenvalue weighted by atomic mass is 16.2. The fraction of sp³-hybridized carbons (Fsp3) is 0.562. The summed E-state index contributed by atoms with van der Waals surface area (Å²) in [5.41, 5.74) is 1.19. The molecular formula is C16H26N2O.